The maximum atomic E-state index is 12.5. The second kappa shape index (κ2) is 9.23. The van der Waals surface area contributed by atoms with E-state index in [1.165, 1.54) is 4.90 Å². The standard InChI is InChI=1S/C20H24N2O5/c1-22(13-19(23)21-12-17-4-2-10-25-17)20(24)15-6-8-16(9-7-15)27-14-18-5-3-11-26-18/h2,4,6-10,18H,3,5,11-14H2,1H3,(H,21,23)/t18-/m1/s1. The Morgan fingerprint density at radius 3 is 2.74 bits per heavy atom. The molecule has 7 heteroatoms. The van der Waals surface area contributed by atoms with Crippen LogP contribution >= 0.6 is 0 Å². The van der Waals surface area contributed by atoms with Gasteiger partial charge in [0.2, 0.25) is 5.91 Å². The molecule has 7 nitrogen and oxygen atoms in total. The van der Waals surface area contributed by atoms with Gasteiger partial charge in [0.05, 0.1) is 25.5 Å². The summed E-state index contributed by atoms with van der Waals surface area (Å²) in [5.41, 5.74) is 0.501. The number of benzene rings is 1. The normalized spacial score (nSPS) is 16.1. The number of hydrogen-bond donors (Lipinski definition) is 1. The van der Waals surface area contributed by atoms with Gasteiger partial charge in [0.25, 0.3) is 5.91 Å². The summed E-state index contributed by atoms with van der Waals surface area (Å²) in [7, 11) is 1.59. The van der Waals surface area contributed by atoms with E-state index in [2.05, 4.69) is 5.32 Å². The molecule has 1 atom stereocenters. The molecule has 2 heterocycles. The lowest BCUT2D eigenvalue weighted by molar-refractivity contribution is -0.121. The molecule has 2 amide bonds. The maximum absolute atomic E-state index is 12.5. The van der Waals surface area contributed by atoms with Crippen molar-refractivity contribution in [3.8, 4) is 5.75 Å². The Bertz CT molecular complexity index is 736. The second-order valence-corrected chi connectivity index (χ2v) is 6.49. The van der Waals surface area contributed by atoms with Crippen LogP contribution in [-0.2, 0) is 16.1 Å². The highest BCUT2D eigenvalue weighted by atomic mass is 16.5. The molecule has 1 aromatic carbocycles. The molecular formula is C20H24N2O5. The van der Waals surface area contributed by atoms with Gasteiger partial charge < -0.3 is 24.1 Å². The van der Waals surface area contributed by atoms with E-state index < -0.39 is 0 Å². The zero-order chi connectivity index (χ0) is 19.1. The van der Waals surface area contributed by atoms with Crippen LogP contribution in [0, 0.1) is 0 Å². The van der Waals surface area contributed by atoms with E-state index in [4.69, 9.17) is 13.9 Å². The first-order chi connectivity index (χ1) is 13.1. The van der Waals surface area contributed by atoms with Gasteiger partial charge in [-0.15, -0.1) is 0 Å². The van der Waals surface area contributed by atoms with Crippen LogP contribution in [0.25, 0.3) is 0 Å². The Kier molecular flexibility index (Phi) is 6.49. The molecule has 1 saturated heterocycles. The van der Waals surface area contributed by atoms with Crippen molar-refractivity contribution in [1.29, 1.82) is 0 Å². The Labute approximate surface area is 158 Å². The zero-order valence-electron chi connectivity index (χ0n) is 15.3. The molecule has 27 heavy (non-hydrogen) atoms. The second-order valence-electron chi connectivity index (χ2n) is 6.49. The Morgan fingerprint density at radius 1 is 1.26 bits per heavy atom. The van der Waals surface area contributed by atoms with Gasteiger partial charge in [-0.2, -0.15) is 0 Å². The van der Waals surface area contributed by atoms with Crippen LogP contribution in [-0.4, -0.2) is 49.6 Å². The fourth-order valence-electron chi connectivity index (χ4n) is 2.82. The average Bonchev–Trinajstić information content (AvgIpc) is 3.38. The van der Waals surface area contributed by atoms with Gasteiger partial charge in [0.1, 0.15) is 18.1 Å². The minimum Gasteiger partial charge on any atom is -0.491 e. The van der Waals surface area contributed by atoms with E-state index >= 15 is 0 Å². The van der Waals surface area contributed by atoms with Crippen LogP contribution in [0.3, 0.4) is 0 Å². The summed E-state index contributed by atoms with van der Waals surface area (Å²) in [4.78, 5) is 25.8. The molecule has 0 radical (unpaired) electrons. The lowest BCUT2D eigenvalue weighted by atomic mass is 10.2. The largest absolute Gasteiger partial charge is 0.491 e. The fourth-order valence-corrected chi connectivity index (χ4v) is 2.82. The monoisotopic (exact) mass is 372 g/mol. The van der Waals surface area contributed by atoms with E-state index in [1.54, 1.807) is 49.7 Å². The van der Waals surface area contributed by atoms with Crippen LogP contribution in [0.4, 0.5) is 0 Å². The molecule has 0 spiro atoms. The Balaban J connectivity index is 1.44. The van der Waals surface area contributed by atoms with Crippen LogP contribution in [0.2, 0.25) is 0 Å². The molecule has 0 saturated carbocycles. The number of carbonyl (C=O) groups is 2. The molecule has 144 valence electrons. The van der Waals surface area contributed by atoms with E-state index in [0.717, 1.165) is 19.4 Å². The predicted molar refractivity (Wildman–Crippen MR) is 98.4 cm³/mol. The van der Waals surface area contributed by atoms with Crippen molar-refractivity contribution in [2.75, 3.05) is 26.8 Å². The van der Waals surface area contributed by atoms with E-state index in [1.807, 2.05) is 0 Å². The summed E-state index contributed by atoms with van der Waals surface area (Å²) < 4.78 is 16.4. The first kappa shape index (κ1) is 19.0. The number of nitrogens with zero attached hydrogens (tertiary/aromatic N) is 1. The SMILES string of the molecule is CN(CC(=O)NCc1ccco1)C(=O)c1ccc(OC[C@H]2CCCO2)cc1. The summed E-state index contributed by atoms with van der Waals surface area (Å²) in [5, 5.41) is 2.72. The van der Waals surface area contributed by atoms with E-state index in [0.29, 0.717) is 30.2 Å². The number of nitrogens with one attached hydrogen (secondary N) is 1. The maximum Gasteiger partial charge on any atom is 0.254 e. The van der Waals surface area contributed by atoms with E-state index in [9.17, 15) is 9.59 Å². The molecule has 1 aliphatic rings. The Morgan fingerprint density at radius 2 is 2.07 bits per heavy atom. The van der Waals surface area contributed by atoms with E-state index in [-0.39, 0.29) is 24.5 Å². The zero-order valence-corrected chi connectivity index (χ0v) is 15.3. The molecule has 0 aliphatic carbocycles. The van der Waals surface area contributed by atoms with Crippen molar-refractivity contribution in [2.24, 2.45) is 0 Å². The molecule has 0 bridgehead atoms. The first-order valence-electron chi connectivity index (χ1n) is 9.01. The number of hydrogen-bond acceptors (Lipinski definition) is 5. The third-order valence-corrected chi connectivity index (χ3v) is 4.33. The van der Waals surface area contributed by atoms with Gasteiger partial charge in [0, 0.05) is 19.2 Å². The molecule has 1 N–H and O–H groups in total. The van der Waals surface area contributed by atoms with Gasteiger partial charge in [-0.1, -0.05) is 0 Å². The van der Waals surface area contributed by atoms with Crippen molar-refractivity contribution in [3.63, 3.8) is 0 Å². The third kappa shape index (κ3) is 5.59. The molecule has 0 unspecified atom stereocenters. The van der Waals surface area contributed by atoms with Crippen molar-refractivity contribution in [3.05, 3.63) is 54.0 Å². The number of carbonyl (C=O) groups excluding carboxylic acids is 2. The topological polar surface area (TPSA) is 81.0 Å². The lowest BCUT2D eigenvalue weighted by Gasteiger charge is -2.17. The molecule has 1 fully saturated rings. The van der Waals surface area contributed by atoms with Crippen molar-refractivity contribution in [1.82, 2.24) is 10.2 Å². The third-order valence-electron chi connectivity index (χ3n) is 4.33. The summed E-state index contributed by atoms with van der Waals surface area (Å²) in [6.07, 6.45) is 3.79. The molecule has 2 aromatic rings. The van der Waals surface area contributed by atoms with Gasteiger partial charge in [0.15, 0.2) is 0 Å². The molecule has 3 rings (SSSR count). The highest BCUT2D eigenvalue weighted by Gasteiger charge is 2.17. The van der Waals surface area contributed by atoms with Crippen molar-refractivity contribution in [2.45, 2.75) is 25.5 Å². The van der Waals surface area contributed by atoms with Gasteiger partial charge >= 0.3 is 0 Å². The lowest BCUT2D eigenvalue weighted by Crippen LogP contribution is -2.38. The predicted octanol–water partition coefficient (Wildman–Crippen LogP) is 2.23. The quantitative estimate of drug-likeness (QED) is 0.769. The highest BCUT2D eigenvalue weighted by molar-refractivity contribution is 5.96. The number of rotatable bonds is 8. The van der Waals surface area contributed by atoms with Crippen LogP contribution in [0.1, 0.15) is 29.0 Å². The number of ether oxygens (including phenoxy) is 2. The van der Waals surface area contributed by atoms with Crippen molar-refractivity contribution < 1.29 is 23.5 Å². The minimum atomic E-state index is -0.251. The van der Waals surface area contributed by atoms with Crippen LogP contribution in [0.5, 0.6) is 5.75 Å². The van der Waals surface area contributed by atoms with Crippen molar-refractivity contribution >= 4 is 11.8 Å². The fraction of sp³-hybridized carbons (Fsp3) is 0.400. The van der Waals surface area contributed by atoms with Crippen LogP contribution in [0.15, 0.2) is 47.1 Å². The molecule has 1 aliphatic heterocycles. The summed E-state index contributed by atoms with van der Waals surface area (Å²) in [5.74, 6) is 0.879. The Hall–Kier alpha value is -2.80. The summed E-state index contributed by atoms with van der Waals surface area (Å²) in [6, 6.07) is 10.4. The number of furan rings is 1. The van der Waals surface area contributed by atoms with Gasteiger partial charge in [-0.05, 0) is 49.2 Å². The molecule has 1 aromatic heterocycles. The minimum absolute atomic E-state index is 0.0309. The molecular weight excluding hydrogens is 348 g/mol. The highest BCUT2D eigenvalue weighted by Crippen LogP contribution is 2.17. The van der Waals surface area contributed by atoms with Gasteiger partial charge in [-0.3, -0.25) is 9.59 Å². The smallest absolute Gasteiger partial charge is 0.254 e. The number of likely N-dealkylation sites (N-methyl/N-ethyl adjacent to an activating group) is 1. The number of amides is 2. The summed E-state index contributed by atoms with van der Waals surface area (Å²) >= 11 is 0. The average molecular weight is 372 g/mol. The van der Waals surface area contributed by atoms with Crippen LogP contribution < -0.4 is 10.1 Å². The van der Waals surface area contributed by atoms with Gasteiger partial charge in [-0.25, -0.2) is 0 Å². The first-order valence-corrected chi connectivity index (χ1v) is 9.01. The summed E-state index contributed by atoms with van der Waals surface area (Å²) in [6.45, 7) is 1.58.